The Kier molecular flexibility index (Phi) is 9.59. The Bertz CT molecular complexity index is 64.3. The van der Waals surface area contributed by atoms with Crippen LogP contribution < -0.4 is 0 Å². The summed E-state index contributed by atoms with van der Waals surface area (Å²) in [5.74, 6) is -0.345. The number of hydrogen-bond acceptors (Lipinski definition) is 3. The SMILES string of the molecule is COCC(=O)OC.[Li]. The van der Waals surface area contributed by atoms with Gasteiger partial charge in [0.05, 0.1) is 7.11 Å². The summed E-state index contributed by atoms with van der Waals surface area (Å²) in [5, 5.41) is 0. The van der Waals surface area contributed by atoms with E-state index in [1.54, 1.807) is 0 Å². The first-order valence-corrected chi connectivity index (χ1v) is 1.87. The molecule has 8 heavy (non-hydrogen) atoms. The molecule has 43 valence electrons. The van der Waals surface area contributed by atoms with Crippen LogP contribution in [0.4, 0.5) is 0 Å². The van der Waals surface area contributed by atoms with Gasteiger partial charge in [0.15, 0.2) is 0 Å². The maximum absolute atomic E-state index is 10.1. The van der Waals surface area contributed by atoms with Crippen LogP contribution in [0.1, 0.15) is 0 Å². The molecule has 1 radical (unpaired) electrons. The molecule has 0 N–H and O–H groups in total. The summed E-state index contributed by atoms with van der Waals surface area (Å²) in [6.45, 7) is 0.0382. The minimum absolute atomic E-state index is 0. The quantitative estimate of drug-likeness (QED) is 0.353. The monoisotopic (exact) mass is 111 g/mol. The summed E-state index contributed by atoms with van der Waals surface area (Å²) < 4.78 is 8.65. The van der Waals surface area contributed by atoms with Gasteiger partial charge in [-0.25, -0.2) is 4.79 Å². The zero-order chi connectivity index (χ0) is 5.70. The van der Waals surface area contributed by atoms with E-state index in [0.29, 0.717) is 0 Å². The van der Waals surface area contributed by atoms with E-state index in [9.17, 15) is 4.79 Å². The molecule has 0 rings (SSSR count). The largest absolute Gasteiger partial charge is 0.467 e. The van der Waals surface area contributed by atoms with E-state index in [1.807, 2.05) is 0 Å². The fourth-order valence-electron chi connectivity index (χ4n) is 0.177. The second-order valence-electron chi connectivity index (χ2n) is 1.01. The zero-order valence-corrected chi connectivity index (χ0v) is 5.43. The van der Waals surface area contributed by atoms with Gasteiger partial charge in [0.25, 0.3) is 0 Å². The van der Waals surface area contributed by atoms with Gasteiger partial charge in [0, 0.05) is 26.0 Å². The number of rotatable bonds is 2. The molecule has 0 aliphatic rings. The van der Waals surface area contributed by atoms with Gasteiger partial charge < -0.3 is 9.47 Å². The molecule has 0 bridgehead atoms. The summed E-state index contributed by atoms with van der Waals surface area (Å²) in [4.78, 5) is 10.1. The van der Waals surface area contributed by atoms with Gasteiger partial charge in [-0.2, -0.15) is 0 Å². The Balaban J connectivity index is 0. The molecule has 0 aliphatic carbocycles. The van der Waals surface area contributed by atoms with Crippen LogP contribution in [-0.2, 0) is 14.3 Å². The van der Waals surface area contributed by atoms with Gasteiger partial charge in [-0.1, -0.05) is 0 Å². The van der Waals surface area contributed by atoms with Crippen molar-refractivity contribution in [3.05, 3.63) is 0 Å². The van der Waals surface area contributed by atoms with E-state index < -0.39 is 0 Å². The van der Waals surface area contributed by atoms with E-state index in [-0.39, 0.29) is 31.4 Å². The second kappa shape index (κ2) is 7.03. The van der Waals surface area contributed by atoms with Crippen molar-refractivity contribution < 1.29 is 14.3 Å². The molecular formula is C4H8LiO3. The summed E-state index contributed by atoms with van der Waals surface area (Å²) in [7, 11) is 2.76. The van der Waals surface area contributed by atoms with Crippen LogP contribution in [0.2, 0.25) is 0 Å². The van der Waals surface area contributed by atoms with Crippen LogP contribution in [0.25, 0.3) is 0 Å². The molecule has 0 fully saturated rings. The average Bonchev–Trinajstić information content (AvgIpc) is 1.68. The molecule has 3 nitrogen and oxygen atoms in total. The zero-order valence-electron chi connectivity index (χ0n) is 5.43. The molecule has 4 heteroatoms. The average molecular weight is 111 g/mol. The Hall–Kier alpha value is 0.0274. The minimum Gasteiger partial charge on any atom is -0.467 e. The number of methoxy groups -OCH3 is 2. The van der Waals surface area contributed by atoms with Crippen LogP contribution in [0.3, 0.4) is 0 Å². The molecule has 0 amide bonds. The van der Waals surface area contributed by atoms with Gasteiger partial charge in [-0.15, -0.1) is 0 Å². The van der Waals surface area contributed by atoms with Crippen molar-refractivity contribution in [1.29, 1.82) is 0 Å². The van der Waals surface area contributed by atoms with Gasteiger partial charge >= 0.3 is 5.97 Å². The maximum atomic E-state index is 10.1. The fraction of sp³-hybridized carbons (Fsp3) is 0.750. The Morgan fingerprint density at radius 2 is 2.00 bits per heavy atom. The smallest absolute Gasteiger partial charge is 0.331 e. The molecule has 0 saturated heterocycles. The molecule has 0 saturated carbocycles. The number of carbonyl (C=O) groups is 1. The Morgan fingerprint density at radius 3 is 2.12 bits per heavy atom. The van der Waals surface area contributed by atoms with Crippen LogP contribution >= 0.6 is 0 Å². The molecule has 0 aliphatic heterocycles. The Labute approximate surface area is 60.5 Å². The van der Waals surface area contributed by atoms with E-state index in [4.69, 9.17) is 0 Å². The first-order chi connectivity index (χ1) is 3.31. The number of carbonyl (C=O) groups excluding carboxylic acids is 1. The normalized spacial score (nSPS) is 7.25. The van der Waals surface area contributed by atoms with E-state index in [1.165, 1.54) is 14.2 Å². The maximum Gasteiger partial charge on any atom is 0.331 e. The molecule has 0 aromatic rings. The third-order valence-electron chi connectivity index (χ3n) is 0.490. The van der Waals surface area contributed by atoms with Gasteiger partial charge in [-0.05, 0) is 0 Å². The molecular weight excluding hydrogens is 103 g/mol. The van der Waals surface area contributed by atoms with Crippen LogP contribution in [0, 0.1) is 0 Å². The van der Waals surface area contributed by atoms with Gasteiger partial charge in [0.1, 0.15) is 6.61 Å². The van der Waals surface area contributed by atoms with Crippen molar-refractivity contribution in [2.75, 3.05) is 20.8 Å². The van der Waals surface area contributed by atoms with E-state index in [0.717, 1.165) is 0 Å². The molecule has 0 spiro atoms. The summed E-state index contributed by atoms with van der Waals surface area (Å²) >= 11 is 0. The van der Waals surface area contributed by atoms with Crippen molar-refractivity contribution in [2.45, 2.75) is 0 Å². The van der Waals surface area contributed by atoms with Crippen molar-refractivity contribution in [2.24, 2.45) is 0 Å². The predicted octanol–water partition coefficient (Wildman–Crippen LogP) is -0.575. The van der Waals surface area contributed by atoms with Crippen LogP contribution in [-0.4, -0.2) is 45.7 Å². The summed E-state index contributed by atoms with van der Waals surface area (Å²) in [6.07, 6.45) is 0. The number of esters is 1. The van der Waals surface area contributed by atoms with E-state index >= 15 is 0 Å². The summed E-state index contributed by atoms with van der Waals surface area (Å²) in [5.41, 5.74) is 0. The molecule has 0 aromatic carbocycles. The third-order valence-corrected chi connectivity index (χ3v) is 0.490. The van der Waals surface area contributed by atoms with Crippen molar-refractivity contribution in [3.63, 3.8) is 0 Å². The Morgan fingerprint density at radius 1 is 1.50 bits per heavy atom. The topological polar surface area (TPSA) is 35.5 Å². The second-order valence-corrected chi connectivity index (χ2v) is 1.01. The molecule has 0 heterocycles. The standard InChI is InChI=1S/C4H8O3.Li/c1-6-3-4(5)7-2;/h3H2,1-2H3;. The first kappa shape index (κ1) is 10.9. The van der Waals surface area contributed by atoms with Gasteiger partial charge in [-0.3, -0.25) is 0 Å². The van der Waals surface area contributed by atoms with Crippen LogP contribution in [0.5, 0.6) is 0 Å². The fourth-order valence-corrected chi connectivity index (χ4v) is 0.177. The van der Waals surface area contributed by atoms with Crippen molar-refractivity contribution in [3.8, 4) is 0 Å². The number of hydrogen-bond donors (Lipinski definition) is 0. The first-order valence-electron chi connectivity index (χ1n) is 1.87. The molecule has 0 aromatic heterocycles. The minimum atomic E-state index is -0.345. The summed E-state index contributed by atoms with van der Waals surface area (Å²) in [6, 6.07) is 0. The van der Waals surface area contributed by atoms with Gasteiger partial charge in [0.2, 0.25) is 0 Å². The molecule has 0 unspecified atom stereocenters. The predicted molar refractivity (Wildman–Crippen MR) is 29.6 cm³/mol. The number of ether oxygens (including phenoxy) is 2. The van der Waals surface area contributed by atoms with Crippen LogP contribution in [0.15, 0.2) is 0 Å². The van der Waals surface area contributed by atoms with Crippen molar-refractivity contribution in [1.82, 2.24) is 0 Å². The van der Waals surface area contributed by atoms with Crippen molar-refractivity contribution >= 4 is 24.8 Å². The van der Waals surface area contributed by atoms with E-state index in [2.05, 4.69) is 9.47 Å². The molecule has 0 atom stereocenters. The third kappa shape index (κ3) is 6.03.